The van der Waals surface area contributed by atoms with Crippen molar-refractivity contribution in [2.45, 2.75) is 37.8 Å². The molecule has 3 nitrogen and oxygen atoms in total. The number of nitrogens with zero attached hydrogens (tertiary/aromatic N) is 1. The molecule has 1 saturated carbocycles. The SMILES string of the molecule is CN1CCCC(NC(=S)NC2CC2)C1. The molecule has 2 fully saturated rings. The van der Waals surface area contributed by atoms with Crippen molar-refractivity contribution < 1.29 is 0 Å². The van der Waals surface area contributed by atoms with Gasteiger partial charge in [-0.05, 0) is 51.5 Å². The van der Waals surface area contributed by atoms with Gasteiger partial charge in [-0.25, -0.2) is 0 Å². The number of hydrogen-bond acceptors (Lipinski definition) is 2. The summed E-state index contributed by atoms with van der Waals surface area (Å²) < 4.78 is 0. The van der Waals surface area contributed by atoms with Crippen LogP contribution in [-0.2, 0) is 0 Å². The topological polar surface area (TPSA) is 27.3 Å². The normalized spacial score (nSPS) is 28.5. The number of thiocarbonyl (C=S) groups is 1. The summed E-state index contributed by atoms with van der Waals surface area (Å²) in [6.07, 6.45) is 5.09. The van der Waals surface area contributed by atoms with Crippen LogP contribution in [-0.4, -0.2) is 42.2 Å². The van der Waals surface area contributed by atoms with E-state index in [1.54, 1.807) is 0 Å². The highest BCUT2D eigenvalue weighted by Gasteiger charge is 2.23. The van der Waals surface area contributed by atoms with Gasteiger partial charge < -0.3 is 15.5 Å². The van der Waals surface area contributed by atoms with Crippen LogP contribution in [0.4, 0.5) is 0 Å². The van der Waals surface area contributed by atoms with E-state index in [2.05, 4.69) is 22.6 Å². The lowest BCUT2D eigenvalue weighted by atomic mass is 10.1. The average molecular weight is 213 g/mol. The Balaban J connectivity index is 1.69. The molecule has 0 aromatic rings. The third-order valence-electron chi connectivity index (χ3n) is 2.87. The Hall–Kier alpha value is -0.350. The molecule has 0 radical (unpaired) electrons. The van der Waals surface area contributed by atoms with Crippen LogP contribution in [0, 0.1) is 0 Å². The van der Waals surface area contributed by atoms with Crippen LogP contribution < -0.4 is 10.6 Å². The van der Waals surface area contributed by atoms with Crippen LogP contribution in [0.1, 0.15) is 25.7 Å². The molecule has 14 heavy (non-hydrogen) atoms. The Bertz CT molecular complexity index is 215. The van der Waals surface area contributed by atoms with E-state index in [9.17, 15) is 0 Å². The Morgan fingerprint density at radius 3 is 2.57 bits per heavy atom. The molecule has 0 spiro atoms. The van der Waals surface area contributed by atoms with Gasteiger partial charge in [0.05, 0.1) is 0 Å². The highest BCUT2D eigenvalue weighted by atomic mass is 32.1. The minimum atomic E-state index is 0.549. The quantitative estimate of drug-likeness (QED) is 0.661. The third-order valence-corrected chi connectivity index (χ3v) is 3.11. The molecule has 1 heterocycles. The predicted molar refractivity (Wildman–Crippen MR) is 62.4 cm³/mol. The number of nitrogens with one attached hydrogen (secondary N) is 2. The van der Waals surface area contributed by atoms with Crippen molar-refractivity contribution in [2.75, 3.05) is 20.1 Å². The molecule has 4 heteroatoms. The zero-order valence-corrected chi connectivity index (χ0v) is 9.57. The smallest absolute Gasteiger partial charge is 0.166 e. The predicted octanol–water partition coefficient (Wildman–Crippen LogP) is 0.707. The Labute approximate surface area is 91.2 Å². The molecule has 2 rings (SSSR count). The Kier molecular flexibility index (Phi) is 3.23. The second kappa shape index (κ2) is 4.45. The van der Waals surface area contributed by atoms with E-state index in [1.807, 2.05) is 0 Å². The van der Waals surface area contributed by atoms with E-state index in [4.69, 9.17) is 12.2 Å². The van der Waals surface area contributed by atoms with Gasteiger partial charge in [-0.15, -0.1) is 0 Å². The lowest BCUT2D eigenvalue weighted by Gasteiger charge is -2.31. The largest absolute Gasteiger partial charge is 0.360 e. The molecule has 1 unspecified atom stereocenters. The van der Waals surface area contributed by atoms with Crippen molar-refractivity contribution in [3.05, 3.63) is 0 Å². The van der Waals surface area contributed by atoms with Crippen LogP contribution >= 0.6 is 12.2 Å². The van der Waals surface area contributed by atoms with Gasteiger partial charge in [-0.1, -0.05) is 0 Å². The molecular formula is C10H19N3S. The summed E-state index contributed by atoms with van der Waals surface area (Å²) >= 11 is 5.25. The molecule has 0 amide bonds. The first-order valence-corrected chi connectivity index (χ1v) is 5.90. The van der Waals surface area contributed by atoms with Gasteiger partial charge in [0, 0.05) is 18.6 Å². The molecule has 2 N–H and O–H groups in total. The third kappa shape index (κ3) is 3.10. The molecule has 1 saturated heterocycles. The fraction of sp³-hybridized carbons (Fsp3) is 0.900. The van der Waals surface area contributed by atoms with Gasteiger partial charge in [0.15, 0.2) is 5.11 Å². The summed E-state index contributed by atoms with van der Waals surface area (Å²) in [5.41, 5.74) is 0. The molecule has 1 aliphatic heterocycles. The average Bonchev–Trinajstić information content (AvgIpc) is 2.87. The van der Waals surface area contributed by atoms with Crippen molar-refractivity contribution in [2.24, 2.45) is 0 Å². The lowest BCUT2D eigenvalue weighted by Crippen LogP contribution is -2.49. The first kappa shape index (κ1) is 10.2. The maximum Gasteiger partial charge on any atom is 0.166 e. The number of hydrogen-bond donors (Lipinski definition) is 2. The van der Waals surface area contributed by atoms with Crippen LogP contribution in [0.3, 0.4) is 0 Å². The summed E-state index contributed by atoms with van der Waals surface area (Å²) in [6.45, 7) is 2.34. The first-order chi connectivity index (χ1) is 6.74. The lowest BCUT2D eigenvalue weighted by molar-refractivity contribution is 0.240. The van der Waals surface area contributed by atoms with Gasteiger partial charge in [0.25, 0.3) is 0 Å². The minimum absolute atomic E-state index is 0.549. The highest BCUT2D eigenvalue weighted by molar-refractivity contribution is 7.80. The van der Waals surface area contributed by atoms with E-state index >= 15 is 0 Å². The molecule has 2 aliphatic rings. The van der Waals surface area contributed by atoms with Crippen molar-refractivity contribution in [3.8, 4) is 0 Å². The maximum absolute atomic E-state index is 5.25. The van der Waals surface area contributed by atoms with Crippen molar-refractivity contribution in [1.29, 1.82) is 0 Å². The summed E-state index contributed by atoms with van der Waals surface area (Å²) in [5, 5.41) is 7.57. The zero-order valence-electron chi connectivity index (χ0n) is 8.75. The van der Waals surface area contributed by atoms with Gasteiger partial charge in [0.1, 0.15) is 0 Å². The molecule has 0 bridgehead atoms. The van der Waals surface area contributed by atoms with Gasteiger partial charge in [0.2, 0.25) is 0 Å². The summed E-state index contributed by atoms with van der Waals surface area (Å²) in [7, 11) is 2.17. The van der Waals surface area contributed by atoms with E-state index in [1.165, 1.54) is 32.2 Å². The second-order valence-electron chi connectivity index (χ2n) is 4.49. The van der Waals surface area contributed by atoms with Gasteiger partial charge in [-0.3, -0.25) is 0 Å². The van der Waals surface area contributed by atoms with E-state index in [0.29, 0.717) is 12.1 Å². The van der Waals surface area contributed by atoms with Crippen molar-refractivity contribution in [3.63, 3.8) is 0 Å². The maximum atomic E-state index is 5.25. The molecule has 1 aliphatic carbocycles. The van der Waals surface area contributed by atoms with Crippen LogP contribution in [0.5, 0.6) is 0 Å². The zero-order chi connectivity index (χ0) is 9.97. The number of likely N-dealkylation sites (N-methyl/N-ethyl adjacent to an activating group) is 1. The molecule has 0 aromatic carbocycles. The molecule has 1 atom stereocenters. The minimum Gasteiger partial charge on any atom is -0.360 e. The number of piperidine rings is 1. The highest BCUT2D eigenvalue weighted by Crippen LogP contribution is 2.18. The summed E-state index contributed by atoms with van der Waals surface area (Å²) in [4.78, 5) is 2.36. The van der Waals surface area contributed by atoms with Crippen LogP contribution in [0.25, 0.3) is 0 Å². The van der Waals surface area contributed by atoms with Gasteiger partial charge >= 0.3 is 0 Å². The Morgan fingerprint density at radius 1 is 1.21 bits per heavy atom. The second-order valence-corrected chi connectivity index (χ2v) is 4.90. The fourth-order valence-electron chi connectivity index (χ4n) is 1.92. The van der Waals surface area contributed by atoms with Crippen LogP contribution in [0.2, 0.25) is 0 Å². The summed E-state index contributed by atoms with van der Waals surface area (Å²) in [5.74, 6) is 0. The van der Waals surface area contributed by atoms with Crippen molar-refractivity contribution in [1.82, 2.24) is 15.5 Å². The monoisotopic (exact) mass is 213 g/mol. The van der Waals surface area contributed by atoms with E-state index < -0.39 is 0 Å². The Morgan fingerprint density at radius 2 is 1.93 bits per heavy atom. The molecule has 80 valence electrons. The fourth-order valence-corrected chi connectivity index (χ4v) is 2.26. The standard InChI is InChI=1S/C10H19N3S/c1-13-6-2-3-9(7-13)12-10(14)11-8-4-5-8/h8-9H,2-7H2,1H3,(H2,11,12,14). The van der Waals surface area contributed by atoms with Crippen LogP contribution in [0.15, 0.2) is 0 Å². The summed E-state index contributed by atoms with van der Waals surface area (Å²) in [6, 6.07) is 1.21. The number of rotatable bonds is 2. The van der Waals surface area contributed by atoms with Gasteiger partial charge in [-0.2, -0.15) is 0 Å². The van der Waals surface area contributed by atoms with Crippen molar-refractivity contribution >= 4 is 17.3 Å². The van der Waals surface area contributed by atoms with E-state index in [0.717, 1.165) is 11.7 Å². The number of likely N-dealkylation sites (tertiary alicyclic amines) is 1. The van der Waals surface area contributed by atoms with E-state index in [-0.39, 0.29) is 0 Å². The molecular weight excluding hydrogens is 194 g/mol. The first-order valence-electron chi connectivity index (χ1n) is 5.49. The molecule has 0 aromatic heterocycles.